The maximum atomic E-state index is 15.7. The highest BCUT2D eigenvalue weighted by atomic mass is 32.2. The van der Waals surface area contributed by atoms with Gasteiger partial charge in [0, 0.05) is 19.0 Å². The summed E-state index contributed by atoms with van der Waals surface area (Å²) < 4.78 is 68.9. The summed E-state index contributed by atoms with van der Waals surface area (Å²) in [6.07, 6.45) is -1.08. The Morgan fingerprint density at radius 1 is 1.23 bits per heavy atom. The zero-order valence-corrected chi connectivity index (χ0v) is 20.8. The van der Waals surface area contributed by atoms with E-state index in [1.807, 2.05) is 0 Å². The van der Waals surface area contributed by atoms with Crippen LogP contribution in [0.2, 0.25) is 0 Å². The van der Waals surface area contributed by atoms with Gasteiger partial charge in [0.2, 0.25) is 0 Å². The van der Waals surface area contributed by atoms with E-state index in [2.05, 4.69) is 0 Å². The van der Waals surface area contributed by atoms with E-state index in [-0.39, 0.29) is 0 Å². The zero-order valence-electron chi connectivity index (χ0n) is 20.0. The smallest absolute Gasteiger partial charge is 0.410 e. The van der Waals surface area contributed by atoms with Gasteiger partial charge in [0.1, 0.15) is 23.4 Å². The minimum atomic E-state index is -4.81. The van der Waals surface area contributed by atoms with Gasteiger partial charge in [0.25, 0.3) is 21.1 Å². The molecule has 3 rings (SSSR count). The standard InChI is InChI=1S/C23H29F2N3O6S/c1-22(2,3)34-21(30)27-14-19(23(24,25)18(27)11-12-26)28(35(31,32)20(29)16-7-8-16)13-15-5-9-17(33-4)10-6-15/h5-6,9-10,16,18-19H,7-8,11,13-14H2,1-4H3/t18-,19-/m1/s1. The summed E-state index contributed by atoms with van der Waals surface area (Å²) in [7, 11) is -3.36. The Balaban J connectivity index is 2.03. The summed E-state index contributed by atoms with van der Waals surface area (Å²) in [4.78, 5) is 26.1. The van der Waals surface area contributed by atoms with Crippen molar-refractivity contribution in [3.8, 4) is 11.8 Å². The summed E-state index contributed by atoms with van der Waals surface area (Å²) in [5.41, 5.74) is -0.653. The Labute approximate surface area is 203 Å². The van der Waals surface area contributed by atoms with Gasteiger partial charge in [-0.2, -0.15) is 9.57 Å². The Hall–Kier alpha value is -2.78. The van der Waals surface area contributed by atoms with E-state index in [0.717, 1.165) is 0 Å². The Kier molecular flexibility index (Phi) is 7.43. The van der Waals surface area contributed by atoms with E-state index >= 15 is 8.78 Å². The van der Waals surface area contributed by atoms with Gasteiger partial charge in [-0.1, -0.05) is 12.1 Å². The molecule has 0 bridgehead atoms. The number of carbonyl (C=O) groups is 2. The predicted molar refractivity (Wildman–Crippen MR) is 121 cm³/mol. The van der Waals surface area contributed by atoms with Gasteiger partial charge in [0.05, 0.1) is 19.6 Å². The molecule has 0 radical (unpaired) electrons. The molecule has 35 heavy (non-hydrogen) atoms. The second-order valence-electron chi connectivity index (χ2n) is 9.69. The number of alkyl halides is 2. The number of halogens is 2. The van der Waals surface area contributed by atoms with Crippen molar-refractivity contribution in [1.82, 2.24) is 9.21 Å². The molecule has 1 heterocycles. The molecule has 1 aliphatic heterocycles. The van der Waals surface area contributed by atoms with Crippen LogP contribution in [-0.2, 0) is 26.1 Å². The molecular formula is C23H29F2N3O6S. The first-order chi connectivity index (χ1) is 16.2. The molecule has 0 spiro atoms. The Morgan fingerprint density at radius 3 is 2.31 bits per heavy atom. The van der Waals surface area contributed by atoms with Crippen molar-refractivity contribution in [3.05, 3.63) is 29.8 Å². The van der Waals surface area contributed by atoms with Crippen molar-refractivity contribution in [2.24, 2.45) is 5.92 Å². The van der Waals surface area contributed by atoms with Gasteiger partial charge in [-0.15, -0.1) is 0 Å². The van der Waals surface area contributed by atoms with Crippen LogP contribution in [0.25, 0.3) is 0 Å². The average molecular weight is 514 g/mol. The molecule has 2 aliphatic rings. The molecule has 0 N–H and O–H groups in total. The van der Waals surface area contributed by atoms with E-state index in [1.165, 1.54) is 19.2 Å². The van der Waals surface area contributed by atoms with Crippen molar-refractivity contribution >= 4 is 21.2 Å². The number of amides is 1. The first-order valence-electron chi connectivity index (χ1n) is 11.2. The SMILES string of the molecule is COc1ccc(CN([C@@H]2CN(C(=O)OC(C)(C)C)[C@H](CC#N)C2(F)F)S(=O)(=O)C(=O)C2CC2)cc1. The summed E-state index contributed by atoms with van der Waals surface area (Å²) in [5.74, 6) is -4.07. The highest BCUT2D eigenvalue weighted by Crippen LogP contribution is 2.42. The van der Waals surface area contributed by atoms with Crippen molar-refractivity contribution in [1.29, 1.82) is 5.26 Å². The molecule has 1 saturated heterocycles. The predicted octanol–water partition coefficient (Wildman–Crippen LogP) is 3.30. The molecule has 1 saturated carbocycles. The van der Waals surface area contributed by atoms with Gasteiger partial charge < -0.3 is 9.47 Å². The number of hydrogen-bond acceptors (Lipinski definition) is 7. The lowest BCUT2D eigenvalue weighted by molar-refractivity contribution is -0.113. The van der Waals surface area contributed by atoms with E-state index < -0.39 is 70.3 Å². The monoisotopic (exact) mass is 513 g/mol. The van der Waals surface area contributed by atoms with Crippen LogP contribution < -0.4 is 4.74 Å². The number of carbonyl (C=O) groups excluding carboxylic acids is 2. The number of benzene rings is 1. The fourth-order valence-corrected chi connectivity index (χ4v) is 5.67. The van der Waals surface area contributed by atoms with Gasteiger partial charge >= 0.3 is 6.09 Å². The summed E-state index contributed by atoms with van der Waals surface area (Å²) in [6, 6.07) is 3.76. The molecular weight excluding hydrogens is 484 g/mol. The molecule has 9 nitrogen and oxygen atoms in total. The molecule has 192 valence electrons. The van der Waals surface area contributed by atoms with Crippen LogP contribution in [0.4, 0.5) is 13.6 Å². The Bertz CT molecular complexity index is 1110. The molecule has 1 aliphatic carbocycles. The maximum absolute atomic E-state index is 15.7. The molecule has 2 atom stereocenters. The van der Waals surface area contributed by atoms with Gasteiger partial charge in [-0.3, -0.25) is 9.69 Å². The minimum Gasteiger partial charge on any atom is -0.497 e. The van der Waals surface area contributed by atoms with E-state index in [0.29, 0.717) is 33.4 Å². The normalized spacial score (nSPS) is 22.1. The molecule has 2 fully saturated rings. The number of ether oxygens (including phenoxy) is 2. The van der Waals surface area contributed by atoms with Crippen LogP contribution in [0.15, 0.2) is 24.3 Å². The third kappa shape index (κ3) is 5.73. The number of nitrogens with zero attached hydrogens (tertiary/aromatic N) is 3. The number of likely N-dealkylation sites (tertiary alicyclic amines) is 1. The fraction of sp³-hybridized carbons (Fsp3) is 0.609. The average Bonchev–Trinajstić information content (AvgIpc) is 3.57. The third-order valence-electron chi connectivity index (χ3n) is 5.87. The lowest BCUT2D eigenvalue weighted by atomic mass is 10.0. The minimum absolute atomic E-state index is 0.348. The van der Waals surface area contributed by atoms with Crippen LogP contribution in [0.1, 0.15) is 45.6 Å². The molecule has 1 aromatic carbocycles. The highest BCUT2D eigenvalue weighted by molar-refractivity contribution is 8.04. The van der Waals surface area contributed by atoms with E-state index in [1.54, 1.807) is 39.0 Å². The second-order valence-corrected chi connectivity index (χ2v) is 11.5. The van der Waals surface area contributed by atoms with Crippen LogP contribution in [0, 0.1) is 17.2 Å². The summed E-state index contributed by atoms with van der Waals surface area (Å²) in [5, 5.41) is 8.05. The zero-order chi connectivity index (χ0) is 26.2. The van der Waals surface area contributed by atoms with E-state index in [4.69, 9.17) is 14.7 Å². The maximum Gasteiger partial charge on any atom is 0.410 e. The van der Waals surface area contributed by atoms with Crippen molar-refractivity contribution in [2.75, 3.05) is 13.7 Å². The number of rotatable bonds is 7. The van der Waals surface area contributed by atoms with Crippen molar-refractivity contribution in [3.63, 3.8) is 0 Å². The van der Waals surface area contributed by atoms with Gasteiger partial charge in [0.15, 0.2) is 0 Å². The summed E-state index contributed by atoms with van der Waals surface area (Å²) in [6.45, 7) is 3.42. The highest BCUT2D eigenvalue weighted by Gasteiger charge is 2.63. The quantitative estimate of drug-likeness (QED) is 0.549. The fourth-order valence-electron chi connectivity index (χ4n) is 3.92. The van der Waals surface area contributed by atoms with Crippen LogP contribution in [0.5, 0.6) is 5.75 Å². The lowest BCUT2D eigenvalue weighted by Crippen LogP contribution is -2.53. The van der Waals surface area contributed by atoms with E-state index in [9.17, 15) is 18.0 Å². The first-order valence-corrected chi connectivity index (χ1v) is 12.6. The lowest BCUT2D eigenvalue weighted by Gasteiger charge is -2.31. The second kappa shape index (κ2) is 9.70. The number of methoxy groups -OCH3 is 1. The van der Waals surface area contributed by atoms with Crippen molar-refractivity contribution < 1.29 is 36.3 Å². The summed E-state index contributed by atoms with van der Waals surface area (Å²) >= 11 is 0. The van der Waals surface area contributed by atoms with Gasteiger partial charge in [-0.25, -0.2) is 22.0 Å². The van der Waals surface area contributed by atoms with Crippen LogP contribution in [0.3, 0.4) is 0 Å². The van der Waals surface area contributed by atoms with Crippen molar-refractivity contribution in [2.45, 2.75) is 70.2 Å². The first kappa shape index (κ1) is 26.8. The van der Waals surface area contributed by atoms with Gasteiger partial charge in [-0.05, 0) is 51.3 Å². The Morgan fingerprint density at radius 2 is 1.83 bits per heavy atom. The molecule has 0 aromatic heterocycles. The largest absolute Gasteiger partial charge is 0.497 e. The topological polar surface area (TPSA) is 117 Å². The molecule has 0 unspecified atom stereocenters. The van der Waals surface area contributed by atoms with Crippen LogP contribution >= 0.6 is 0 Å². The number of hydrogen-bond donors (Lipinski definition) is 0. The number of sulfonamides is 1. The van der Waals surface area contributed by atoms with Crippen LogP contribution in [-0.4, -0.2) is 66.1 Å². The molecule has 1 amide bonds. The molecule has 1 aromatic rings. The third-order valence-corrected chi connectivity index (χ3v) is 7.71. The molecule has 12 heteroatoms. The number of nitriles is 1.